The number of fused-ring (bicyclic) bond motifs is 1. The zero-order valence-corrected chi connectivity index (χ0v) is 17.9. The Morgan fingerprint density at radius 2 is 2.07 bits per heavy atom. The molecular weight excluding hydrogens is 390 g/mol. The Bertz CT molecular complexity index is 819. The molecule has 0 radical (unpaired) electrons. The number of nitrogens with one attached hydrogen (secondary N) is 1. The van der Waals surface area contributed by atoms with Crippen molar-refractivity contribution in [3.63, 3.8) is 0 Å². The Hall–Kier alpha value is -2.97. The Labute approximate surface area is 176 Å². The maximum Gasteiger partial charge on any atom is 0.408 e. The van der Waals surface area contributed by atoms with Crippen molar-refractivity contribution in [3.05, 3.63) is 18.2 Å². The second-order valence-corrected chi connectivity index (χ2v) is 8.37. The number of carbonyl (C=O) groups is 3. The highest BCUT2D eigenvalue weighted by Gasteiger charge is 2.32. The first-order valence-corrected chi connectivity index (χ1v) is 10.1. The summed E-state index contributed by atoms with van der Waals surface area (Å²) in [4.78, 5) is 39.8. The SMILES string of the molecule is CN1C(=O)[C@@H](NC(=O)OC(C)(C)C)COc2ccc(OCCN3CCCC3=O)cc21. The van der Waals surface area contributed by atoms with E-state index in [4.69, 9.17) is 14.2 Å². The van der Waals surface area contributed by atoms with E-state index in [0.717, 1.165) is 13.0 Å². The number of hydrogen-bond acceptors (Lipinski definition) is 6. The van der Waals surface area contributed by atoms with Gasteiger partial charge in [-0.15, -0.1) is 0 Å². The van der Waals surface area contributed by atoms with Gasteiger partial charge in [0.2, 0.25) is 5.91 Å². The van der Waals surface area contributed by atoms with Gasteiger partial charge < -0.3 is 29.3 Å². The molecule has 0 aromatic heterocycles. The van der Waals surface area contributed by atoms with Crippen LogP contribution in [-0.2, 0) is 14.3 Å². The molecule has 1 atom stereocenters. The second kappa shape index (κ2) is 8.81. The molecule has 3 rings (SSSR count). The number of amides is 3. The van der Waals surface area contributed by atoms with Crippen molar-refractivity contribution in [2.24, 2.45) is 0 Å². The van der Waals surface area contributed by atoms with Crippen LogP contribution in [0.1, 0.15) is 33.6 Å². The zero-order valence-electron chi connectivity index (χ0n) is 17.9. The van der Waals surface area contributed by atoms with Crippen molar-refractivity contribution in [2.75, 3.05) is 38.3 Å². The summed E-state index contributed by atoms with van der Waals surface area (Å²) in [6.07, 6.45) is 0.812. The number of carbonyl (C=O) groups excluding carboxylic acids is 3. The summed E-state index contributed by atoms with van der Waals surface area (Å²) in [5.74, 6) is 0.922. The van der Waals surface area contributed by atoms with E-state index >= 15 is 0 Å². The van der Waals surface area contributed by atoms with E-state index in [1.54, 1.807) is 50.9 Å². The lowest BCUT2D eigenvalue weighted by Gasteiger charge is -2.24. The van der Waals surface area contributed by atoms with Gasteiger partial charge in [-0.05, 0) is 39.3 Å². The van der Waals surface area contributed by atoms with E-state index in [-0.39, 0.29) is 18.4 Å². The van der Waals surface area contributed by atoms with Crippen LogP contribution in [0.4, 0.5) is 10.5 Å². The zero-order chi connectivity index (χ0) is 21.9. The van der Waals surface area contributed by atoms with Crippen LogP contribution >= 0.6 is 0 Å². The van der Waals surface area contributed by atoms with Crippen molar-refractivity contribution in [3.8, 4) is 11.5 Å². The number of alkyl carbamates (subject to hydrolysis) is 1. The van der Waals surface area contributed by atoms with Crippen LogP contribution in [0.3, 0.4) is 0 Å². The topological polar surface area (TPSA) is 97.4 Å². The average molecular weight is 419 g/mol. The monoisotopic (exact) mass is 419 g/mol. The number of hydrogen-bond donors (Lipinski definition) is 1. The van der Waals surface area contributed by atoms with Gasteiger partial charge in [0, 0.05) is 26.1 Å². The van der Waals surface area contributed by atoms with Crippen molar-refractivity contribution in [1.29, 1.82) is 0 Å². The number of likely N-dealkylation sites (N-methyl/N-ethyl adjacent to an activating group) is 1. The van der Waals surface area contributed by atoms with Crippen LogP contribution < -0.4 is 19.7 Å². The molecule has 1 fully saturated rings. The van der Waals surface area contributed by atoms with Gasteiger partial charge in [0.1, 0.15) is 36.4 Å². The van der Waals surface area contributed by atoms with E-state index in [0.29, 0.717) is 36.8 Å². The predicted molar refractivity (Wildman–Crippen MR) is 110 cm³/mol. The number of rotatable bonds is 5. The second-order valence-electron chi connectivity index (χ2n) is 8.37. The first-order chi connectivity index (χ1) is 14.1. The minimum Gasteiger partial charge on any atom is -0.492 e. The van der Waals surface area contributed by atoms with Gasteiger partial charge in [0.25, 0.3) is 5.91 Å². The fourth-order valence-electron chi connectivity index (χ4n) is 3.34. The van der Waals surface area contributed by atoms with Crippen molar-refractivity contribution >= 4 is 23.6 Å². The van der Waals surface area contributed by atoms with E-state index in [1.807, 2.05) is 0 Å². The van der Waals surface area contributed by atoms with Crippen LogP contribution in [0, 0.1) is 0 Å². The Kier molecular flexibility index (Phi) is 6.38. The van der Waals surface area contributed by atoms with Gasteiger partial charge in [-0.2, -0.15) is 0 Å². The highest BCUT2D eigenvalue weighted by Crippen LogP contribution is 2.34. The van der Waals surface area contributed by atoms with Crippen LogP contribution in [-0.4, -0.2) is 67.8 Å². The van der Waals surface area contributed by atoms with Crippen LogP contribution in [0.25, 0.3) is 0 Å². The molecule has 2 aliphatic heterocycles. The van der Waals surface area contributed by atoms with Gasteiger partial charge in [0.05, 0.1) is 12.2 Å². The third-order valence-corrected chi connectivity index (χ3v) is 4.82. The van der Waals surface area contributed by atoms with Crippen LogP contribution in [0.5, 0.6) is 11.5 Å². The summed E-state index contributed by atoms with van der Waals surface area (Å²) in [5.41, 5.74) is -0.122. The third kappa shape index (κ3) is 5.34. The number of benzene rings is 1. The van der Waals surface area contributed by atoms with Gasteiger partial charge in [-0.25, -0.2) is 4.79 Å². The molecule has 0 aliphatic carbocycles. The summed E-state index contributed by atoms with van der Waals surface area (Å²) in [6.45, 7) is 6.91. The summed E-state index contributed by atoms with van der Waals surface area (Å²) in [7, 11) is 1.62. The largest absolute Gasteiger partial charge is 0.492 e. The minimum absolute atomic E-state index is 0.00725. The summed E-state index contributed by atoms with van der Waals surface area (Å²) >= 11 is 0. The molecular formula is C21H29N3O6. The Morgan fingerprint density at radius 3 is 2.73 bits per heavy atom. The lowest BCUT2D eigenvalue weighted by Crippen LogP contribution is -2.50. The molecule has 9 nitrogen and oxygen atoms in total. The number of anilines is 1. The third-order valence-electron chi connectivity index (χ3n) is 4.82. The lowest BCUT2D eigenvalue weighted by atomic mass is 10.2. The molecule has 0 saturated carbocycles. The fraction of sp³-hybridized carbons (Fsp3) is 0.571. The van der Waals surface area contributed by atoms with Crippen LogP contribution in [0.2, 0.25) is 0 Å². The number of likely N-dealkylation sites (tertiary alicyclic amines) is 1. The molecule has 9 heteroatoms. The summed E-state index contributed by atoms with van der Waals surface area (Å²) in [6, 6.07) is 4.33. The molecule has 0 unspecified atom stereocenters. The summed E-state index contributed by atoms with van der Waals surface area (Å²) < 4.78 is 16.8. The molecule has 0 bridgehead atoms. The molecule has 1 N–H and O–H groups in total. The number of ether oxygens (including phenoxy) is 3. The number of nitrogens with zero attached hydrogens (tertiary/aromatic N) is 2. The molecule has 3 amide bonds. The molecule has 30 heavy (non-hydrogen) atoms. The maximum atomic E-state index is 12.8. The summed E-state index contributed by atoms with van der Waals surface area (Å²) in [5, 5.41) is 2.57. The van der Waals surface area contributed by atoms with E-state index in [2.05, 4.69) is 5.32 Å². The van der Waals surface area contributed by atoms with Crippen molar-refractivity contribution < 1.29 is 28.6 Å². The predicted octanol–water partition coefficient (Wildman–Crippen LogP) is 1.94. The average Bonchev–Trinajstić information content (AvgIpc) is 3.03. The minimum atomic E-state index is -0.872. The first kappa shape index (κ1) is 21.7. The van der Waals surface area contributed by atoms with Crippen molar-refractivity contribution in [1.82, 2.24) is 10.2 Å². The highest BCUT2D eigenvalue weighted by atomic mass is 16.6. The highest BCUT2D eigenvalue weighted by molar-refractivity contribution is 6.00. The van der Waals surface area contributed by atoms with E-state index < -0.39 is 17.7 Å². The van der Waals surface area contributed by atoms with Gasteiger partial charge in [-0.3, -0.25) is 9.59 Å². The smallest absolute Gasteiger partial charge is 0.408 e. The van der Waals surface area contributed by atoms with Gasteiger partial charge in [0.15, 0.2) is 0 Å². The molecule has 1 saturated heterocycles. The lowest BCUT2D eigenvalue weighted by molar-refractivity contribution is -0.128. The normalized spacial score (nSPS) is 19.1. The first-order valence-electron chi connectivity index (χ1n) is 10.1. The van der Waals surface area contributed by atoms with Crippen LogP contribution in [0.15, 0.2) is 18.2 Å². The molecule has 1 aromatic carbocycles. The van der Waals surface area contributed by atoms with E-state index in [9.17, 15) is 14.4 Å². The Balaban J connectivity index is 1.62. The molecule has 1 aromatic rings. The van der Waals surface area contributed by atoms with Crippen molar-refractivity contribution in [2.45, 2.75) is 45.3 Å². The van der Waals surface area contributed by atoms with E-state index in [1.165, 1.54) is 4.90 Å². The van der Waals surface area contributed by atoms with Gasteiger partial charge >= 0.3 is 6.09 Å². The fourth-order valence-corrected chi connectivity index (χ4v) is 3.34. The van der Waals surface area contributed by atoms with Gasteiger partial charge in [-0.1, -0.05) is 0 Å². The molecule has 0 spiro atoms. The molecule has 164 valence electrons. The maximum absolute atomic E-state index is 12.8. The molecule has 2 aliphatic rings. The molecule has 2 heterocycles. The quantitative estimate of drug-likeness (QED) is 0.783. The Morgan fingerprint density at radius 1 is 1.30 bits per heavy atom. The standard InChI is InChI=1S/C21H29N3O6/c1-21(2,3)30-20(27)22-15-13-29-17-8-7-14(12-16(17)23(4)19(15)26)28-11-10-24-9-5-6-18(24)25/h7-8,12,15H,5-6,9-11,13H2,1-4H3,(H,22,27)/t15-/m0/s1.